The summed E-state index contributed by atoms with van der Waals surface area (Å²) in [4.78, 5) is 29.8. The number of hydrogen-bond donors (Lipinski definition) is 2. The van der Waals surface area contributed by atoms with Gasteiger partial charge in [0.2, 0.25) is 5.56 Å². The topological polar surface area (TPSA) is 98.1 Å². The van der Waals surface area contributed by atoms with Crippen LogP contribution in [0.1, 0.15) is 32.4 Å². The van der Waals surface area contributed by atoms with E-state index in [1.54, 1.807) is 12.3 Å². The van der Waals surface area contributed by atoms with Gasteiger partial charge in [0.05, 0.1) is 0 Å². The Hall–Kier alpha value is -3.15. The first-order valence-electron chi connectivity index (χ1n) is 8.30. The number of carbonyl (C=O) groups is 1. The Morgan fingerprint density at radius 3 is 2.65 bits per heavy atom. The molecule has 134 valence electrons. The van der Waals surface area contributed by atoms with E-state index in [4.69, 9.17) is 10.5 Å². The Labute approximate surface area is 151 Å². The summed E-state index contributed by atoms with van der Waals surface area (Å²) in [5.74, 6) is 0. The summed E-state index contributed by atoms with van der Waals surface area (Å²) in [5, 5.41) is 0.840. The van der Waals surface area contributed by atoms with Crippen LogP contribution in [-0.2, 0) is 4.74 Å². The molecule has 0 bridgehead atoms. The van der Waals surface area contributed by atoms with Gasteiger partial charge in [0.1, 0.15) is 11.8 Å². The number of aromatic amines is 1. The second-order valence-corrected chi connectivity index (χ2v) is 7.25. The fourth-order valence-electron chi connectivity index (χ4n) is 3.04. The Balaban J connectivity index is 2.13. The lowest BCUT2D eigenvalue weighted by molar-refractivity contribution is 0.0360. The van der Waals surface area contributed by atoms with Gasteiger partial charge in [-0.2, -0.15) is 0 Å². The lowest BCUT2D eigenvalue weighted by Gasteiger charge is -2.30. The molecule has 2 aromatic heterocycles. The fraction of sp³-hybridized carbons (Fsp3) is 0.250. The Bertz CT molecular complexity index is 1020. The predicted molar refractivity (Wildman–Crippen MR) is 101 cm³/mol. The van der Waals surface area contributed by atoms with E-state index in [1.165, 1.54) is 6.07 Å². The standard InChI is InChI=1S/C20H21N3O3/c1-20(2,3)17(26-19(21)25)13-6-4-5-12(11-13)14-9-10-22-18-15(14)7-8-16(24)23-18/h4-11,17H,1-3H3,(H2,21,25)(H,22,23,24). The summed E-state index contributed by atoms with van der Waals surface area (Å²) in [5.41, 5.74) is 7.99. The molecule has 3 aromatic rings. The number of hydrogen-bond acceptors (Lipinski definition) is 4. The quantitative estimate of drug-likeness (QED) is 0.750. The van der Waals surface area contributed by atoms with Gasteiger partial charge in [-0.25, -0.2) is 9.78 Å². The maximum atomic E-state index is 11.5. The number of ether oxygens (including phenoxy) is 1. The Morgan fingerprint density at radius 2 is 1.96 bits per heavy atom. The molecule has 0 saturated carbocycles. The zero-order valence-corrected chi connectivity index (χ0v) is 14.9. The molecule has 1 unspecified atom stereocenters. The van der Waals surface area contributed by atoms with Crippen LogP contribution in [0, 0.1) is 5.41 Å². The molecule has 3 N–H and O–H groups in total. The molecular weight excluding hydrogens is 330 g/mol. The average Bonchev–Trinajstić information content (AvgIpc) is 2.58. The third-order valence-corrected chi connectivity index (χ3v) is 4.15. The molecule has 0 saturated heterocycles. The average molecular weight is 351 g/mol. The van der Waals surface area contributed by atoms with Gasteiger partial charge in [-0.3, -0.25) is 4.79 Å². The van der Waals surface area contributed by atoms with Crippen molar-refractivity contribution in [1.29, 1.82) is 0 Å². The number of aromatic nitrogens is 2. The van der Waals surface area contributed by atoms with Gasteiger partial charge in [-0.15, -0.1) is 0 Å². The molecule has 6 nitrogen and oxygen atoms in total. The van der Waals surface area contributed by atoms with Gasteiger partial charge in [-0.1, -0.05) is 39.0 Å². The van der Waals surface area contributed by atoms with E-state index in [-0.39, 0.29) is 11.0 Å². The van der Waals surface area contributed by atoms with Crippen molar-refractivity contribution in [2.24, 2.45) is 11.1 Å². The first-order chi connectivity index (χ1) is 12.3. The number of H-pyrrole nitrogens is 1. The van der Waals surface area contributed by atoms with E-state index in [0.29, 0.717) is 5.65 Å². The molecule has 0 aliphatic carbocycles. The van der Waals surface area contributed by atoms with Crippen molar-refractivity contribution in [2.45, 2.75) is 26.9 Å². The third kappa shape index (κ3) is 3.59. The van der Waals surface area contributed by atoms with Gasteiger partial charge in [-0.05, 0) is 34.9 Å². The van der Waals surface area contributed by atoms with Crippen LogP contribution in [0.3, 0.4) is 0 Å². The molecule has 6 heteroatoms. The summed E-state index contributed by atoms with van der Waals surface area (Å²) in [6.07, 6.45) is 0.372. The second-order valence-electron chi connectivity index (χ2n) is 7.25. The highest BCUT2D eigenvalue weighted by molar-refractivity contribution is 5.92. The zero-order chi connectivity index (χ0) is 18.9. The molecule has 1 aromatic carbocycles. The van der Waals surface area contributed by atoms with Crippen LogP contribution in [0.5, 0.6) is 0 Å². The maximum absolute atomic E-state index is 11.5. The van der Waals surface area contributed by atoms with E-state index in [0.717, 1.165) is 22.1 Å². The van der Waals surface area contributed by atoms with Crippen molar-refractivity contribution < 1.29 is 9.53 Å². The normalized spacial score (nSPS) is 12.7. The number of fused-ring (bicyclic) bond motifs is 1. The summed E-state index contributed by atoms with van der Waals surface area (Å²) < 4.78 is 5.37. The van der Waals surface area contributed by atoms with Crippen LogP contribution in [0.4, 0.5) is 4.79 Å². The van der Waals surface area contributed by atoms with Gasteiger partial charge in [0.25, 0.3) is 0 Å². The molecule has 0 fully saturated rings. The van der Waals surface area contributed by atoms with Crippen LogP contribution in [0.15, 0.2) is 53.5 Å². The van der Waals surface area contributed by atoms with Crippen molar-refractivity contribution in [3.8, 4) is 11.1 Å². The number of carbonyl (C=O) groups excluding carboxylic acids is 1. The van der Waals surface area contributed by atoms with E-state index < -0.39 is 12.2 Å². The van der Waals surface area contributed by atoms with Crippen LogP contribution < -0.4 is 11.3 Å². The highest BCUT2D eigenvalue weighted by atomic mass is 16.6. The number of rotatable bonds is 3. The number of nitrogens with two attached hydrogens (primary N) is 1. The number of primary amides is 1. The Kier molecular flexibility index (Phi) is 4.50. The summed E-state index contributed by atoms with van der Waals surface area (Å²) in [6.45, 7) is 5.96. The molecule has 1 amide bonds. The molecular formula is C20H21N3O3. The fourth-order valence-corrected chi connectivity index (χ4v) is 3.04. The van der Waals surface area contributed by atoms with E-state index >= 15 is 0 Å². The van der Waals surface area contributed by atoms with E-state index in [9.17, 15) is 9.59 Å². The molecule has 0 spiro atoms. The van der Waals surface area contributed by atoms with Crippen LogP contribution >= 0.6 is 0 Å². The van der Waals surface area contributed by atoms with Crippen molar-refractivity contribution in [2.75, 3.05) is 0 Å². The molecule has 3 rings (SSSR count). The smallest absolute Gasteiger partial charge is 0.405 e. The Morgan fingerprint density at radius 1 is 1.19 bits per heavy atom. The van der Waals surface area contributed by atoms with Gasteiger partial charge in [0.15, 0.2) is 0 Å². The summed E-state index contributed by atoms with van der Waals surface area (Å²) in [6, 6.07) is 12.9. The largest absolute Gasteiger partial charge is 0.441 e. The van der Waals surface area contributed by atoms with Crippen molar-refractivity contribution >= 4 is 17.1 Å². The lowest BCUT2D eigenvalue weighted by atomic mass is 9.83. The zero-order valence-electron chi connectivity index (χ0n) is 14.9. The third-order valence-electron chi connectivity index (χ3n) is 4.15. The molecule has 1 atom stereocenters. The highest BCUT2D eigenvalue weighted by Gasteiger charge is 2.29. The van der Waals surface area contributed by atoms with Gasteiger partial charge >= 0.3 is 6.09 Å². The van der Waals surface area contributed by atoms with Gasteiger partial charge < -0.3 is 15.5 Å². The molecule has 0 aliphatic heterocycles. The van der Waals surface area contributed by atoms with Crippen molar-refractivity contribution in [3.05, 3.63) is 64.6 Å². The van der Waals surface area contributed by atoms with E-state index in [1.807, 2.05) is 51.1 Å². The number of pyridine rings is 2. The second kappa shape index (κ2) is 6.63. The van der Waals surface area contributed by atoms with Crippen LogP contribution in [0.2, 0.25) is 0 Å². The number of amides is 1. The summed E-state index contributed by atoms with van der Waals surface area (Å²) >= 11 is 0. The van der Waals surface area contributed by atoms with Gasteiger partial charge in [0, 0.05) is 23.1 Å². The minimum absolute atomic E-state index is 0.196. The van der Waals surface area contributed by atoms with Crippen molar-refractivity contribution in [3.63, 3.8) is 0 Å². The lowest BCUT2D eigenvalue weighted by Crippen LogP contribution is -2.26. The predicted octanol–water partition coefficient (Wildman–Crippen LogP) is 3.77. The van der Waals surface area contributed by atoms with Crippen LogP contribution in [-0.4, -0.2) is 16.1 Å². The number of nitrogens with zero attached hydrogens (tertiary/aromatic N) is 1. The van der Waals surface area contributed by atoms with Crippen LogP contribution in [0.25, 0.3) is 22.2 Å². The minimum Gasteiger partial charge on any atom is -0.441 e. The SMILES string of the molecule is CC(C)(C)C(OC(N)=O)c1cccc(-c2ccnc3[nH]c(=O)ccc23)c1. The van der Waals surface area contributed by atoms with E-state index in [2.05, 4.69) is 9.97 Å². The monoisotopic (exact) mass is 351 g/mol. The molecule has 0 aliphatic rings. The first kappa shape index (κ1) is 17.7. The number of nitrogens with one attached hydrogen (secondary N) is 1. The molecule has 2 heterocycles. The number of benzene rings is 1. The highest BCUT2D eigenvalue weighted by Crippen LogP contribution is 2.38. The first-order valence-corrected chi connectivity index (χ1v) is 8.30. The molecule has 0 radical (unpaired) electrons. The van der Waals surface area contributed by atoms with Crippen molar-refractivity contribution in [1.82, 2.24) is 9.97 Å². The minimum atomic E-state index is -0.803. The summed E-state index contributed by atoms with van der Waals surface area (Å²) in [7, 11) is 0. The maximum Gasteiger partial charge on any atom is 0.405 e. The molecule has 26 heavy (non-hydrogen) atoms.